The predicted octanol–water partition coefficient (Wildman–Crippen LogP) is 3.07. The molecule has 0 saturated carbocycles. The second-order valence-electron chi connectivity index (χ2n) is 4.76. The number of hydrogen-bond acceptors (Lipinski definition) is 3. The summed E-state index contributed by atoms with van der Waals surface area (Å²) in [6.07, 6.45) is 1.30. The first-order valence-electron chi connectivity index (χ1n) is 6.13. The number of nitriles is 1. The quantitative estimate of drug-likeness (QED) is 0.824. The summed E-state index contributed by atoms with van der Waals surface area (Å²) in [6, 6.07) is 7.68. The van der Waals surface area contributed by atoms with Crippen LogP contribution in [0, 0.1) is 17.2 Å². The number of nitrogens with zero attached hydrogens (tertiary/aromatic N) is 2. The zero-order valence-corrected chi connectivity index (χ0v) is 11.4. The van der Waals surface area contributed by atoms with Crippen molar-refractivity contribution < 1.29 is 4.74 Å². The average Bonchev–Trinajstić information content (AvgIpc) is 2.39. The van der Waals surface area contributed by atoms with Gasteiger partial charge in [0.1, 0.15) is 6.07 Å². The molecule has 2 rings (SSSR count). The van der Waals surface area contributed by atoms with E-state index in [0.717, 1.165) is 25.2 Å². The van der Waals surface area contributed by atoms with Gasteiger partial charge in [0.15, 0.2) is 0 Å². The highest BCUT2D eigenvalue weighted by molar-refractivity contribution is 6.30. The molecule has 0 radical (unpaired) electrons. The molecule has 18 heavy (non-hydrogen) atoms. The van der Waals surface area contributed by atoms with Crippen LogP contribution in [0.3, 0.4) is 0 Å². The van der Waals surface area contributed by atoms with Gasteiger partial charge >= 0.3 is 0 Å². The van der Waals surface area contributed by atoms with Crippen molar-refractivity contribution in [2.24, 2.45) is 5.92 Å². The minimum absolute atomic E-state index is 0.223. The third-order valence-electron chi connectivity index (χ3n) is 3.61. The zero-order chi connectivity index (χ0) is 13.1. The summed E-state index contributed by atoms with van der Waals surface area (Å²) in [6.45, 7) is 3.99. The van der Waals surface area contributed by atoms with Crippen molar-refractivity contribution in [2.75, 3.05) is 25.1 Å². The number of halogens is 1. The van der Waals surface area contributed by atoms with E-state index in [2.05, 4.69) is 17.9 Å². The van der Waals surface area contributed by atoms with Crippen LogP contribution in [-0.4, -0.2) is 26.3 Å². The van der Waals surface area contributed by atoms with E-state index in [4.69, 9.17) is 16.3 Å². The van der Waals surface area contributed by atoms with Crippen LogP contribution >= 0.6 is 11.6 Å². The molecule has 3 nitrogen and oxygen atoms in total. The molecule has 1 saturated heterocycles. The van der Waals surface area contributed by atoms with Crippen LogP contribution in [0.1, 0.15) is 18.9 Å². The number of anilines is 1. The second kappa shape index (κ2) is 5.60. The van der Waals surface area contributed by atoms with E-state index in [-0.39, 0.29) is 6.10 Å². The summed E-state index contributed by atoms with van der Waals surface area (Å²) < 4.78 is 5.50. The number of ether oxygens (including phenoxy) is 1. The van der Waals surface area contributed by atoms with Gasteiger partial charge in [0, 0.05) is 25.2 Å². The Hall–Kier alpha value is -1.24. The number of methoxy groups -OCH3 is 1. The topological polar surface area (TPSA) is 36.3 Å². The highest BCUT2D eigenvalue weighted by Crippen LogP contribution is 2.28. The Labute approximate surface area is 113 Å². The largest absolute Gasteiger partial charge is 0.379 e. The number of hydrogen-bond donors (Lipinski definition) is 0. The van der Waals surface area contributed by atoms with Crippen LogP contribution in [0.15, 0.2) is 18.2 Å². The van der Waals surface area contributed by atoms with Gasteiger partial charge in [-0.3, -0.25) is 0 Å². The van der Waals surface area contributed by atoms with Crippen molar-refractivity contribution in [1.82, 2.24) is 0 Å². The standard InChI is InChI=1S/C14H17ClN2O/c1-10-5-6-17(9-14(10)18-2)13-4-3-12(15)7-11(13)8-16/h3-4,7,10,14H,5-6,9H2,1-2H3. The van der Waals surface area contributed by atoms with Crippen molar-refractivity contribution in [3.63, 3.8) is 0 Å². The highest BCUT2D eigenvalue weighted by atomic mass is 35.5. The van der Waals surface area contributed by atoms with E-state index in [1.54, 1.807) is 13.2 Å². The smallest absolute Gasteiger partial charge is 0.101 e. The summed E-state index contributed by atoms with van der Waals surface area (Å²) in [5.74, 6) is 0.559. The molecule has 1 aliphatic rings. The van der Waals surface area contributed by atoms with Crippen molar-refractivity contribution in [3.8, 4) is 6.07 Å². The summed E-state index contributed by atoms with van der Waals surface area (Å²) >= 11 is 5.92. The van der Waals surface area contributed by atoms with Crippen molar-refractivity contribution in [2.45, 2.75) is 19.4 Å². The number of piperidine rings is 1. The van der Waals surface area contributed by atoms with Crippen LogP contribution in [0.2, 0.25) is 5.02 Å². The lowest BCUT2D eigenvalue weighted by atomic mass is 9.95. The van der Waals surface area contributed by atoms with Gasteiger partial charge in [0.25, 0.3) is 0 Å². The molecular formula is C14H17ClN2O. The van der Waals surface area contributed by atoms with Gasteiger partial charge in [-0.05, 0) is 30.5 Å². The maximum atomic E-state index is 9.18. The van der Waals surface area contributed by atoms with Crippen molar-refractivity contribution in [3.05, 3.63) is 28.8 Å². The second-order valence-corrected chi connectivity index (χ2v) is 5.20. The zero-order valence-electron chi connectivity index (χ0n) is 10.7. The Kier molecular flexibility index (Phi) is 4.11. The molecule has 0 amide bonds. The SMILES string of the molecule is COC1CN(c2ccc(Cl)cc2C#N)CCC1C. The monoisotopic (exact) mass is 264 g/mol. The Bertz CT molecular complexity index is 469. The fourth-order valence-electron chi connectivity index (χ4n) is 2.43. The van der Waals surface area contributed by atoms with Gasteiger partial charge in [-0.1, -0.05) is 18.5 Å². The summed E-state index contributed by atoms with van der Waals surface area (Å²) in [5.41, 5.74) is 1.59. The van der Waals surface area contributed by atoms with Gasteiger partial charge in [-0.25, -0.2) is 0 Å². The van der Waals surface area contributed by atoms with Crippen LogP contribution in [-0.2, 0) is 4.74 Å². The first kappa shape index (κ1) is 13.2. The van der Waals surface area contributed by atoms with Crippen LogP contribution in [0.25, 0.3) is 0 Å². The molecule has 1 heterocycles. The molecule has 96 valence electrons. The summed E-state index contributed by atoms with van der Waals surface area (Å²) in [4.78, 5) is 2.21. The summed E-state index contributed by atoms with van der Waals surface area (Å²) in [7, 11) is 1.75. The van der Waals surface area contributed by atoms with Crippen molar-refractivity contribution in [1.29, 1.82) is 5.26 Å². The van der Waals surface area contributed by atoms with Gasteiger partial charge in [-0.2, -0.15) is 5.26 Å². The molecule has 1 aromatic rings. The van der Waals surface area contributed by atoms with E-state index in [9.17, 15) is 5.26 Å². The molecule has 0 N–H and O–H groups in total. The van der Waals surface area contributed by atoms with E-state index in [0.29, 0.717) is 16.5 Å². The highest BCUT2D eigenvalue weighted by Gasteiger charge is 2.27. The van der Waals surface area contributed by atoms with Gasteiger partial charge < -0.3 is 9.64 Å². The average molecular weight is 265 g/mol. The lowest BCUT2D eigenvalue weighted by Gasteiger charge is -2.38. The minimum atomic E-state index is 0.223. The van der Waals surface area contributed by atoms with Crippen LogP contribution in [0.5, 0.6) is 0 Å². The van der Waals surface area contributed by atoms with E-state index in [1.165, 1.54) is 0 Å². The van der Waals surface area contributed by atoms with Gasteiger partial charge in [0.2, 0.25) is 0 Å². The Balaban J connectivity index is 2.25. The number of rotatable bonds is 2. The van der Waals surface area contributed by atoms with E-state index >= 15 is 0 Å². The van der Waals surface area contributed by atoms with E-state index < -0.39 is 0 Å². The van der Waals surface area contributed by atoms with E-state index in [1.807, 2.05) is 12.1 Å². The predicted molar refractivity (Wildman–Crippen MR) is 73.0 cm³/mol. The lowest BCUT2D eigenvalue weighted by Crippen LogP contribution is -2.44. The first-order chi connectivity index (χ1) is 8.65. The fraction of sp³-hybridized carbons (Fsp3) is 0.500. The third kappa shape index (κ3) is 2.60. The first-order valence-corrected chi connectivity index (χ1v) is 6.51. The Morgan fingerprint density at radius 3 is 2.94 bits per heavy atom. The van der Waals surface area contributed by atoms with Gasteiger partial charge in [-0.15, -0.1) is 0 Å². The lowest BCUT2D eigenvalue weighted by molar-refractivity contribution is 0.0498. The molecule has 4 heteroatoms. The maximum absolute atomic E-state index is 9.18. The third-order valence-corrected chi connectivity index (χ3v) is 3.85. The molecule has 1 aromatic carbocycles. The molecular weight excluding hydrogens is 248 g/mol. The maximum Gasteiger partial charge on any atom is 0.101 e. The molecule has 1 aliphatic heterocycles. The minimum Gasteiger partial charge on any atom is -0.379 e. The normalized spacial score (nSPS) is 23.8. The van der Waals surface area contributed by atoms with Gasteiger partial charge in [0.05, 0.1) is 17.4 Å². The molecule has 2 atom stereocenters. The molecule has 2 unspecified atom stereocenters. The van der Waals surface area contributed by atoms with Crippen LogP contribution in [0.4, 0.5) is 5.69 Å². The molecule has 1 fully saturated rings. The molecule has 0 bridgehead atoms. The Morgan fingerprint density at radius 2 is 2.28 bits per heavy atom. The fourth-order valence-corrected chi connectivity index (χ4v) is 2.61. The number of benzene rings is 1. The van der Waals surface area contributed by atoms with Crippen molar-refractivity contribution >= 4 is 17.3 Å². The molecule has 0 spiro atoms. The summed E-state index contributed by atoms with van der Waals surface area (Å²) in [5, 5.41) is 9.78. The molecule has 0 aromatic heterocycles. The van der Waals surface area contributed by atoms with Crippen LogP contribution < -0.4 is 4.90 Å². The Morgan fingerprint density at radius 1 is 1.50 bits per heavy atom. The molecule has 0 aliphatic carbocycles.